The second-order valence-electron chi connectivity index (χ2n) is 16.7. The first kappa shape index (κ1) is 37.6. The molecule has 5 nitrogen and oxygen atoms in total. The first-order chi connectivity index (χ1) is 32.7. The van der Waals surface area contributed by atoms with E-state index in [1.807, 2.05) is 54.6 Å². The molecule has 0 N–H and O–H groups in total. The molecule has 10 aromatic carbocycles. The Bertz CT molecular complexity index is 3970. The van der Waals surface area contributed by atoms with Gasteiger partial charge in [-0.3, -0.25) is 0 Å². The topological polar surface area (TPSA) is 65.0 Å². The van der Waals surface area contributed by atoms with Crippen LogP contribution in [0.2, 0.25) is 0 Å². The first-order valence-electron chi connectivity index (χ1n) is 22.2. The number of aromatic nitrogens is 3. The molecule has 0 fully saturated rings. The van der Waals surface area contributed by atoms with Crippen molar-refractivity contribution < 1.29 is 8.83 Å². The van der Waals surface area contributed by atoms with Crippen molar-refractivity contribution in [3.05, 3.63) is 224 Å². The SMILES string of the molecule is c1ccc(-c2cc(-c3ccc(-c4nc(-c5ccccc5)nc(-c5ccc6c(c5)oc5ccccc56)n4)cc3)c(-c3ccccc3)c(-c3ccc4oc5ccc6ccccc6c5c4c3)c2)cc1. The van der Waals surface area contributed by atoms with Crippen LogP contribution in [0.25, 0.3) is 133 Å². The smallest absolute Gasteiger partial charge is 0.164 e. The molecule has 3 aromatic heterocycles. The Hall–Kier alpha value is -8.93. The van der Waals surface area contributed by atoms with Crippen LogP contribution in [0, 0.1) is 0 Å². The van der Waals surface area contributed by atoms with Gasteiger partial charge in [-0.1, -0.05) is 176 Å². The lowest BCUT2D eigenvalue weighted by Gasteiger charge is -2.19. The highest BCUT2D eigenvalue weighted by molar-refractivity contribution is 6.19. The van der Waals surface area contributed by atoms with Gasteiger partial charge in [-0.05, 0) is 104 Å². The molecule has 0 aliphatic rings. The summed E-state index contributed by atoms with van der Waals surface area (Å²) >= 11 is 0. The molecular weight excluding hydrogens is 807 g/mol. The Morgan fingerprint density at radius 2 is 0.758 bits per heavy atom. The summed E-state index contributed by atoms with van der Waals surface area (Å²) in [4.78, 5) is 15.2. The van der Waals surface area contributed by atoms with Crippen LogP contribution in [-0.4, -0.2) is 15.0 Å². The fourth-order valence-corrected chi connectivity index (χ4v) is 9.54. The van der Waals surface area contributed by atoms with Crippen LogP contribution >= 0.6 is 0 Å². The predicted molar refractivity (Wildman–Crippen MR) is 270 cm³/mol. The molecule has 0 atom stereocenters. The normalized spacial score (nSPS) is 11.6. The molecule has 0 aliphatic carbocycles. The molecule has 0 spiro atoms. The number of fused-ring (bicyclic) bond motifs is 8. The second kappa shape index (κ2) is 15.4. The van der Waals surface area contributed by atoms with Crippen LogP contribution in [0.4, 0.5) is 0 Å². The van der Waals surface area contributed by atoms with E-state index >= 15 is 0 Å². The van der Waals surface area contributed by atoms with Crippen LogP contribution in [-0.2, 0) is 0 Å². The van der Waals surface area contributed by atoms with Crippen molar-refractivity contribution in [2.24, 2.45) is 0 Å². The fraction of sp³-hybridized carbons (Fsp3) is 0. The molecule has 66 heavy (non-hydrogen) atoms. The van der Waals surface area contributed by atoms with Gasteiger partial charge in [0.25, 0.3) is 0 Å². The highest BCUT2D eigenvalue weighted by Gasteiger charge is 2.20. The van der Waals surface area contributed by atoms with Gasteiger partial charge in [0.05, 0.1) is 0 Å². The van der Waals surface area contributed by atoms with Crippen molar-refractivity contribution in [3.63, 3.8) is 0 Å². The van der Waals surface area contributed by atoms with Crippen molar-refractivity contribution in [2.45, 2.75) is 0 Å². The zero-order valence-electron chi connectivity index (χ0n) is 35.5. The average molecular weight is 844 g/mol. The lowest BCUT2D eigenvalue weighted by atomic mass is 9.84. The van der Waals surface area contributed by atoms with E-state index in [0.717, 1.165) is 105 Å². The average Bonchev–Trinajstić information content (AvgIpc) is 3.97. The van der Waals surface area contributed by atoms with Gasteiger partial charge in [-0.15, -0.1) is 0 Å². The van der Waals surface area contributed by atoms with Crippen LogP contribution in [0.15, 0.2) is 233 Å². The lowest BCUT2D eigenvalue weighted by molar-refractivity contribution is 0.668. The molecule has 0 amide bonds. The third kappa shape index (κ3) is 6.44. The van der Waals surface area contributed by atoms with E-state index in [0.29, 0.717) is 17.5 Å². The van der Waals surface area contributed by atoms with Crippen LogP contribution in [0.3, 0.4) is 0 Å². The molecule has 3 heterocycles. The minimum atomic E-state index is 0.576. The largest absolute Gasteiger partial charge is 0.456 e. The number of hydrogen-bond donors (Lipinski definition) is 0. The molecular formula is C61H37N3O2. The number of rotatable bonds is 7. The zero-order chi connectivity index (χ0) is 43.6. The van der Waals surface area contributed by atoms with E-state index in [2.05, 4.69) is 170 Å². The van der Waals surface area contributed by atoms with Gasteiger partial charge in [0.15, 0.2) is 17.5 Å². The van der Waals surface area contributed by atoms with Crippen molar-refractivity contribution in [3.8, 4) is 78.7 Å². The Labute approximate surface area is 379 Å². The summed E-state index contributed by atoms with van der Waals surface area (Å²) in [5.41, 5.74) is 15.0. The van der Waals surface area contributed by atoms with E-state index in [1.165, 1.54) is 10.8 Å². The number of para-hydroxylation sites is 1. The number of nitrogens with zero attached hydrogens (tertiary/aromatic N) is 3. The summed E-state index contributed by atoms with van der Waals surface area (Å²) in [5.74, 6) is 1.77. The summed E-state index contributed by atoms with van der Waals surface area (Å²) < 4.78 is 12.8. The van der Waals surface area contributed by atoms with Crippen molar-refractivity contribution in [1.82, 2.24) is 15.0 Å². The van der Waals surface area contributed by atoms with Crippen LogP contribution in [0.5, 0.6) is 0 Å². The van der Waals surface area contributed by atoms with Gasteiger partial charge in [-0.2, -0.15) is 0 Å². The van der Waals surface area contributed by atoms with Gasteiger partial charge in [0.1, 0.15) is 22.3 Å². The molecule has 0 unspecified atom stereocenters. The number of benzene rings is 10. The Kier molecular flexibility index (Phi) is 8.78. The first-order valence-corrected chi connectivity index (χ1v) is 22.2. The quantitative estimate of drug-likeness (QED) is 0.160. The van der Waals surface area contributed by atoms with E-state index in [9.17, 15) is 0 Å². The number of hydrogen-bond acceptors (Lipinski definition) is 5. The molecule has 0 saturated carbocycles. The van der Waals surface area contributed by atoms with Crippen molar-refractivity contribution in [1.29, 1.82) is 0 Å². The summed E-state index contributed by atoms with van der Waals surface area (Å²) in [6.07, 6.45) is 0. The minimum Gasteiger partial charge on any atom is -0.456 e. The van der Waals surface area contributed by atoms with Crippen LogP contribution < -0.4 is 0 Å². The molecule has 0 radical (unpaired) electrons. The monoisotopic (exact) mass is 843 g/mol. The Morgan fingerprint density at radius 1 is 0.258 bits per heavy atom. The molecule has 5 heteroatoms. The summed E-state index contributed by atoms with van der Waals surface area (Å²) in [6.45, 7) is 0. The second-order valence-corrected chi connectivity index (χ2v) is 16.7. The van der Waals surface area contributed by atoms with E-state index in [1.54, 1.807) is 0 Å². The zero-order valence-corrected chi connectivity index (χ0v) is 35.5. The van der Waals surface area contributed by atoms with Crippen LogP contribution in [0.1, 0.15) is 0 Å². The van der Waals surface area contributed by atoms with Gasteiger partial charge in [-0.25, -0.2) is 15.0 Å². The van der Waals surface area contributed by atoms with Gasteiger partial charge in [0.2, 0.25) is 0 Å². The maximum atomic E-state index is 6.47. The highest BCUT2D eigenvalue weighted by atomic mass is 16.3. The van der Waals surface area contributed by atoms with E-state index in [4.69, 9.17) is 23.8 Å². The third-order valence-electron chi connectivity index (χ3n) is 12.7. The van der Waals surface area contributed by atoms with Gasteiger partial charge in [0, 0.05) is 38.2 Å². The molecule has 13 aromatic rings. The van der Waals surface area contributed by atoms with Crippen molar-refractivity contribution in [2.75, 3.05) is 0 Å². The standard InChI is InChI=1S/C61H37N3O2/c1-4-14-38(15-5-1)46-35-50(57(41-17-6-2-7-18-41)51(36-46)44-30-32-54-52(34-44)58-47-21-11-10-16-39(47)29-33-55(58)65-54)40-24-26-43(27-25-40)60-62-59(42-19-8-3-9-20-42)63-61(64-60)45-28-31-49-48-22-12-13-23-53(48)66-56(49)37-45/h1-37H. The Morgan fingerprint density at radius 3 is 1.50 bits per heavy atom. The molecule has 0 aliphatic heterocycles. The van der Waals surface area contributed by atoms with E-state index in [-0.39, 0.29) is 0 Å². The van der Waals surface area contributed by atoms with Gasteiger partial charge < -0.3 is 8.83 Å². The fourth-order valence-electron chi connectivity index (χ4n) is 9.54. The summed E-state index contributed by atoms with van der Waals surface area (Å²) in [6, 6.07) is 78.5. The number of furan rings is 2. The predicted octanol–water partition coefficient (Wildman–Crippen LogP) is 16.5. The maximum absolute atomic E-state index is 6.47. The maximum Gasteiger partial charge on any atom is 0.164 e. The molecule has 308 valence electrons. The third-order valence-corrected chi connectivity index (χ3v) is 12.7. The van der Waals surface area contributed by atoms with E-state index < -0.39 is 0 Å². The molecule has 0 saturated heterocycles. The molecule has 0 bridgehead atoms. The summed E-state index contributed by atoms with van der Waals surface area (Å²) in [7, 11) is 0. The lowest BCUT2D eigenvalue weighted by Crippen LogP contribution is -2.00. The molecule has 13 rings (SSSR count). The summed E-state index contributed by atoms with van der Waals surface area (Å²) in [5, 5.41) is 6.74. The highest BCUT2D eigenvalue weighted by Crippen LogP contribution is 2.45. The minimum absolute atomic E-state index is 0.576. The Balaban J connectivity index is 0.986. The van der Waals surface area contributed by atoms with Gasteiger partial charge >= 0.3 is 0 Å². The van der Waals surface area contributed by atoms with Crippen molar-refractivity contribution >= 4 is 54.6 Å².